The molecule has 0 spiro atoms. The lowest BCUT2D eigenvalue weighted by Crippen LogP contribution is -2.34. The fourth-order valence-corrected chi connectivity index (χ4v) is 2.16. The van der Waals surface area contributed by atoms with Crippen LogP contribution in [0.25, 0.3) is 0 Å². The minimum absolute atomic E-state index is 0.191. The van der Waals surface area contributed by atoms with E-state index in [4.69, 9.17) is 0 Å². The van der Waals surface area contributed by atoms with Crippen molar-refractivity contribution in [2.24, 2.45) is 0 Å². The van der Waals surface area contributed by atoms with Gasteiger partial charge in [0.25, 0.3) is 0 Å². The molecule has 0 amide bonds. The molecule has 0 fully saturated rings. The van der Waals surface area contributed by atoms with Gasteiger partial charge < -0.3 is 5.32 Å². The first-order valence-electron chi connectivity index (χ1n) is 6.43. The Kier molecular flexibility index (Phi) is 6.82. The number of hydrogen-bond donors (Lipinski definition) is 1. The monoisotopic (exact) mass is 316 g/mol. The van der Waals surface area contributed by atoms with Crippen molar-refractivity contribution < 1.29 is 4.39 Å². The lowest BCUT2D eigenvalue weighted by Gasteiger charge is -2.22. The van der Waals surface area contributed by atoms with Crippen molar-refractivity contribution in [1.82, 2.24) is 10.2 Å². The number of hydrogen-bond acceptors (Lipinski definition) is 2. The third-order valence-corrected chi connectivity index (χ3v) is 3.74. The van der Waals surface area contributed by atoms with Crippen LogP contribution in [0.4, 0.5) is 4.39 Å². The Morgan fingerprint density at radius 1 is 1.39 bits per heavy atom. The van der Waals surface area contributed by atoms with E-state index in [1.165, 1.54) is 6.07 Å². The summed E-state index contributed by atoms with van der Waals surface area (Å²) in [6.07, 6.45) is 0. The minimum atomic E-state index is -0.191. The van der Waals surface area contributed by atoms with Crippen molar-refractivity contribution in [2.75, 3.05) is 19.6 Å². The van der Waals surface area contributed by atoms with Gasteiger partial charge in [0.15, 0.2) is 0 Å². The molecular weight excluding hydrogens is 295 g/mol. The highest BCUT2D eigenvalue weighted by Gasteiger charge is 2.09. The molecule has 1 aromatic carbocycles. The van der Waals surface area contributed by atoms with Gasteiger partial charge in [-0.2, -0.15) is 0 Å². The van der Waals surface area contributed by atoms with Crippen LogP contribution in [-0.2, 0) is 6.54 Å². The molecule has 0 aromatic heterocycles. The number of likely N-dealkylation sites (N-methyl/N-ethyl adjacent to an activating group) is 1. The molecule has 102 valence electrons. The third-order valence-electron chi connectivity index (χ3n) is 2.85. The Balaban J connectivity index is 2.54. The predicted molar refractivity (Wildman–Crippen MR) is 78.2 cm³/mol. The highest BCUT2D eigenvalue weighted by molar-refractivity contribution is 9.10. The van der Waals surface area contributed by atoms with E-state index in [-0.39, 0.29) is 5.82 Å². The van der Waals surface area contributed by atoms with Gasteiger partial charge in [-0.05, 0) is 34.1 Å². The zero-order chi connectivity index (χ0) is 13.5. The Hall–Kier alpha value is -0.450. The summed E-state index contributed by atoms with van der Waals surface area (Å²) in [5.41, 5.74) is 1.00. The predicted octanol–water partition coefficient (Wildman–Crippen LogP) is 3.41. The van der Waals surface area contributed by atoms with Gasteiger partial charge in [-0.25, -0.2) is 4.39 Å². The summed E-state index contributed by atoms with van der Waals surface area (Å²) in [6, 6.07) is 5.70. The van der Waals surface area contributed by atoms with E-state index in [2.05, 4.69) is 46.9 Å². The van der Waals surface area contributed by atoms with E-state index in [1.54, 1.807) is 6.07 Å². The smallest absolute Gasteiger partial charge is 0.137 e. The molecule has 0 saturated heterocycles. The first kappa shape index (κ1) is 15.6. The molecule has 0 aliphatic heterocycles. The molecular formula is C14H22BrFN2. The second-order valence-electron chi connectivity index (χ2n) is 4.69. The van der Waals surface area contributed by atoms with Crippen LogP contribution in [0.3, 0.4) is 0 Å². The molecule has 0 atom stereocenters. The number of nitrogens with one attached hydrogen (secondary N) is 1. The van der Waals surface area contributed by atoms with Crippen LogP contribution in [0.1, 0.15) is 26.3 Å². The van der Waals surface area contributed by atoms with Crippen LogP contribution in [0.5, 0.6) is 0 Å². The normalized spacial score (nSPS) is 11.5. The molecule has 0 aliphatic rings. The fraction of sp³-hybridized carbons (Fsp3) is 0.571. The highest BCUT2D eigenvalue weighted by atomic mass is 79.9. The second kappa shape index (κ2) is 7.87. The van der Waals surface area contributed by atoms with Crippen molar-refractivity contribution in [2.45, 2.75) is 33.4 Å². The Morgan fingerprint density at radius 2 is 2.11 bits per heavy atom. The van der Waals surface area contributed by atoms with Gasteiger partial charge in [0.2, 0.25) is 0 Å². The van der Waals surface area contributed by atoms with Crippen LogP contribution in [0.15, 0.2) is 22.7 Å². The van der Waals surface area contributed by atoms with E-state index >= 15 is 0 Å². The standard InChI is InChI=1S/C14H22BrFN2/c1-4-18(9-8-17-11(2)3)10-12-6-5-7-13(16)14(12)15/h5-7,11,17H,4,8-10H2,1-3H3. The number of nitrogens with zero attached hydrogens (tertiary/aromatic N) is 1. The highest BCUT2D eigenvalue weighted by Crippen LogP contribution is 2.21. The zero-order valence-electron chi connectivity index (χ0n) is 11.3. The fourth-order valence-electron chi connectivity index (χ4n) is 1.77. The molecule has 0 bridgehead atoms. The molecule has 0 unspecified atom stereocenters. The Bertz CT molecular complexity index is 369. The summed E-state index contributed by atoms with van der Waals surface area (Å²) in [6.45, 7) is 10.1. The Morgan fingerprint density at radius 3 is 2.72 bits per heavy atom. The Labute approximate surface area is 118 Å². The van der Waals surface area contributed by atoms with Crippen molar-refractivity contribution in [1.29, 1.82) is 0 Å². The molecule has 0 radical (unpaired) electrons. The zero-order valence-corrected chi connectivity index (χ0v) is 12.9. The first-order chi connectivity index (χ1) is 8.54. The van der Waals surface area contributed by atoms with Gasteiger partial charge in [0.05, 0.1) is 4.47 Å². The largest absolute Gasteiger partial charge is 0.313 e. The van der Waals surface area contributed by atoms with Gasteiger partial charge in [0, 0.05) is 25.7 Å². The van der Waals surface area contributed by atoms with E-state index in [1.807, 2.05) is 6.07 Å². The van der Waals surface area contributed by atoms with Gasteiger partial charge >= 0.3 is 0 Å². The lowest BCUT2D eigenvalue weighted by atomic mass is 10.2. The lowest BCUT2D eigenvalue weighted by molar-refractivity contribution is 0.275. The van der Waals surface area contributed by atoms with Gasteiger partial charge in [0.1, 0.15) is 5.82 Å². The molecule has 0 aliphatic carbocycles. The van der Waals surface area contributed by atoms with Crippen LogP contribution < -0.4 is 5.32 Å². The van der Waals surface area contributed by atoms with Gasteiger partial charge in [-0.3, -0.25) is 4.90 Å². The van der Waals surface area contributed by atoms with Gasteiger partial charge in [-0.15, -0.1) is 0 Å². The third kappa shape index (κ3) is 5.04. The van der Waals surface area contributed by atoms with E-state index < -0.39 is 0 Å². The maximum Gasteiger partial charge on any atom is 0.137 e. The van der Waals surface area contributed by atoms with Gasteiger partial charge in [-0.1, -0.05) is 32.9 Å². The number of rotatable bonds is 7. The first-order valence-corrected chi connectivity index (χ1v) is 7.22. The SMILES string of the molecule is CCN(CCNC(C)C)Cc1cccc(F)c1Br. The topological polar surface area (TPSA) is 15.3 Å². The maximum atomic E-state index is 13.4. The van der Waals surface area contributed by atoms with Crippen LogP contribution in [-0.4, -0.2) is 30.6 Å². The molecule has 18 heavy (non-hydrogen) atoms. The van der Waals surface area contributed by atoms with E-state index in [0.717, 1.165) is 31.7 Å². The summed E-state index contributed by atoms with van der Waals surface area (Å²) >= 11 is 3.31. The van der Waals surface area contributed by atoms with Crippen LogP contribution in [0.2, 0.25) is 0 Å². The van der Waals surface area contributed by atoms with Crippen LogP contribution in [0, 0.1) is 5.82 Å². The van der Waals surface area contributed by atoms with E-state index in [0.29, 0.717) is 10.5 Å². The summed E-state index contributed by atoms with van der Waals surface area (Å²) in [5, 5.41) is 3.39. The molecule has 4 heteroatoms. The summed E-state index contributed by atoms with van der Waals surface area (Å²) in [5.74, 6) is -0.191. The molecule has 1 N–H and O–H groups in total. The quantitative estimate of drug-likeness (QED) is 0.829. The molecule has 1 rings (SSSR count). The maximum absolute atomic E-state index is 13.4. The molecule has 1 aromatic rings. The number of benzene rings is 1. The van der Waals surface area contributed by atoms with Crippen LogP contribution >= 0.6 is 15.9 Å². The van der Waals surface area contributed by atoms with Crippen molar-refractivity contribution in [3.8, 4) is 0 Å². The average Bonchev–Trinajstić information content (AvgIpc) is 2.33. The minimum Gasteiger partial charge on any atom is -0.313 e. The van der Waals surface area contributed by atoms with Crippen molar-refractivity contribution >= 4 is 15.9 Å². The summed E-state index contributed by atoms with van der Waals surface area (Å²) in [4.78, 5) is 2.30. The second-order valence-corrected chi connectivity index (χ2v) is 5.48. The molecule has 0 heterocycles. The molecule has 2 nitrogen and oxygen atoms in total. The average molecular weight is 317 g/mol. The molecule has 0 saturated carbocycles. The number of halogens is 2. The van der Waals surface area contributed by atoms with Crippen molar-refractivity contribution in [3.63, 3.8) is 0 Å². The summed E-state index contributed by atoms with van der Waals surface area (Å²) < 4.78 is 14.0. The summed E-state index contributed by atoms with van der Waals surface area (Å²) in [7, 11) is 0. The van der Waals surface area contributed by atoms with Crippen molar-refractivity contribution in [3.05, 3.63) is 34.1 Å². The van der Waals surface area contributed by atoms with E-state index in [9.17, 15) is 4.39 Å².